The Morgan fingerprint density at radius 2 is 1.48 bits per heavy atom. The van der Waals surface area contributed by atoms with Crippen LogP contribution in [0.15, 0.2) is 70.6 Å². The normalized spacial score (nSPS) is 12.3. The molecule has 0 atom stereocenters. The van der Waals surface area contributed by atoms with Gasteiger partial charge in [0.25, 0.3) is 0 Å². The molecule has 0 amide bonds. The fraction of sp³-hybridized carbons (Fsp3) is 0.125. The van der Waals surface area contributed by atoms with Crippen LogP contribution in [0.25, 0.3) is 0 Å². The zero-order valence-corrected chi connectivity index (χ0v) is 13.6. The third-order valence-electron chi connectivity index (χ3n) is 2.58. The van der Waals surface area contributed by atoms with E-state index in [-0.39, 0.29) is 0 Å². The number of anilines is 1. The van der Waals surface area contributed by atoms with Crippen LogP contribution in [0.3, 0.4) is 0 Å². The molecule has 0 fully saturated rings. The minimum absolute atomic E-state index is 0.731. The standard InChI is InChI=1S/C16H17N3S2/c1-20-15(17-13-9-5-3-6-10-13)19-16(21-2)18-14-11-7-4-8-12-14/h3-12H,1-2H3,(H,17,18,19). The maximum absolute atomic E-state index is 4.59. The van der Waals surface area contributed by atoms with Crippen LogP contribution >= 0.6 is 23.5 Å². The Labute approximate surface area is 134 Å². The maximum Gasteiger partial charge on any atom is 0.190 e. The quantitative estimate of drug-likeness (QED) is 0.634. The lowest BCUT2D eigenvalue weighted by molar-refractivity contribution is 1.50. The highest BCUT2D eigenvalue weighted by atomic mass is 32.2. The summed E-state index contributed by atoms with van der Waals surface area (Å²) < 4.78 is 0. The van der Waals surface area contributed by atoms with E-state index in [9.17, 15) is 0 Å². The van der Waals surface area contributed by atoms with Gasteiger partial charge in [0.1, 0.15) is 0 Å². The smallest absolute Gasteiger partial charge is 0.190 e. The Morgan fingerprint density at radius 1 is 0.857 bits per heavy atom. The fourth-order valence-corrected chi connectivity index (χ4v) is 2.42. The Morgan fingerprint density at radius 3 is 2.05 bits per heavy atom. The first-order valence-electron chi connectivity index (χ1n) is 6.44. The van der Waals surface area contributed by atoms with Crippen LogP contribution in [0.1, 0.15) is 0 Å². The Hall–Kier alpha value is -1.72. The van der Waals surface area contributed by atoms with Crippen molar-refractivity contribution >= 4 is 45.2 Å². The molecule has 0 aliphatic rings. The molecule has 0 bridgehead atoms. The molecule has 3 nitrogen and oxygen atoms in total. The summed E-state index contributed by atoms with van der Waals surface area (Å²) in [5.74, 6) is 0. The minimum Gasteiger partial charge on any atom is -0.335 e. The van der Waals surface area contributed by atoms with Gasteiger partial charge in [-0.05, 0) is 36.8 Å². The van der Waals surface area contributed by atoms with E-state index >= 15 is 0 Å². The number of hydrogen-bond acceptors (Lipinski definition) is 3. The molecule has 0 heterocycles. The van der Waals surface area contributed by atoms with Gasteiger partial charge < -0.3 is 5.32 Å². The van der Waals surface area contributed by atoms with Crippen molar-refractivity contribution in [3.8, 4) is 0 Å². The number of nitrogens with zero attached hydrogens (tertiary/aromatic N) is 2. The van der Waals surface area contributed by atoms with Crippen LogP contribution in [-0.2, 0) is 0 Å². The third-order valence-corrected chi connectivity index (χ3v) is 3.71. The number of aliphatic imine (C=N–C) groups is 2. The van der Waals surface area contributed by atoms with E-state index in [2.05, 4.69) is 15.3 Å². The molecule has 0 aliphatic heterocycles. The van der Waals surface area contributed by atoms with Crippen molar-refractivity contribution in [2.45, 2.75) is 0 Å². The number of hydrogen-bond donors (Lipinski definition) is 1. The van der Waals surface area contributed by atoms with Gasteiger partial charge in [0, 0.05) is 5.69 Å². The second-order valence-electron chi connectivity index (χ2n) is 4.05. The topological polar surface area (TPSA) is 36.8 Å². The SMILES string of the molecule is CSC(=Nc1ccccc1)/N=C(/Nc1ccccc1)SC. The second kappa shape index (κ2) is 8.54. The molecular formula is C16H17N3S2. The lowest BCUT2D eigenvalue weighted by Gasteiger charge is -2.07. The molecular weight excluding hydrogens is 298 g/mol. The number of para-hydroxylation sites is 2. The van der Waals surface area contributed by atoms with E-state index in [0.29, 0.717) is 0 Å². The molecule has 0 radical (unpaired) electrons. The average Bonchev–Trinajstić information content (AvgIpc) is 2.55. The van der Waals surface area contributed by atoms with Gasteiger partial charge in [0.2, 0.25) is 0 Å². The van der Waals surface area contributed by atoms with Gasteiger partial charge in [0.15, 0.2) is 10.3 Å². The van der Waals surface area contributed by atoms with Crippen molar-refractivity contribution in [1.29, 1.82) is 0 Å². The number of benzene rings is 2. The summed E-state index contributed by atoms with van der Waals surface area (Å²) in [6.45, 7) is 0. The van der Waals surface area contributed by atoms with E-state index in [1.54, 1.807) is 11.8 Å². The lowest BCUT2D eigenvalue weighted by atomic mass is 10.3. The van der Waals surface area contributed by atoms with E-state index < -0.39 is 0 Å². The van der Waals surface area contributed by atoms with E-state index in [0.717, 1.165) is 21.7 Å². The molecule has 5 heteroatoms. The highest BCUT2D eigenvalue weighted by Crippen LogP contribution is 2.16. The van der Waals surface area contributed by atoms with Gasteiger partial charge in [-0.15, -0.1) is 0 Å². The molecule has 0 aromatic heterocycles. The zero-order chi connectivity index (χ0) is 14.9. The van der Waals surface area contributed by atoms with Gasteiger partial charge in [-0.1, -0.05) is 59.9 Å². The van der Waals surface area contributed by atoms with Gasteiger partial charge >= 0.3 is 0 Å². The predicted octanol–water partition coefficient (Wildman–Crippen LogP) is 4.87. The summed E-state index contributed by atoms with van der Waals surface area (Å²) >= 11 is 3.09. The number of rotatable bonds is 2. The summed E-state index contributed by atoms with van der Waals surface area (Å²) in [5, 5.41) is 4.85. The first-order valence-corrected chi connectivity index (χ1v) is 8.89. The molecule has 0 aliphatic carbocycles. The zero-order valence-electron chi connectivity index (χ0n) is 12.0. The predicted molar refractivity (Wildman–Crippen MR) is 98.1 cm³/mol. The summed E-state index contributed by atoms with van der Waals surface area (Å²) in [6, 6.07) is 19.9. The van der Waals surface area contributed by atoms with Crippen molar-refractivity contribution < 1.29 is 0 Å². The molecule has 0 unspecified atom stereocenters. The Bertz CT molecular complexity index is 610. The number of thioether (sulfide) groups is 2. The van der Waals surface area contributed by atoms with E-state index in [4.69, 9.17) is 0 Å². The molecule has 2 aromatic carbocycles. The minimum atomic E-state index is 0.731. The van der Waals surface area contributed by atoms with Crippen molar-refractivity contribution in [2.75, 3.05) is 17.8 Å². The summed E-state index contributed by atoms with van der Waals surface area (Å²) in [4.78, 5) is 9.13. The van der Waals surface area contributed by atoms with E-state index in [1.165, 1.54) is 11.8 Å². The number of amidine groups is 2. The maximum atomic E-state index is 4.59. The van der Waals surface area contributed by atoms with E-state index in [1.807, 2.05) is 73.2 Å². The Balaban J connectivity index is 2.18. The first kappa shape index (κ1) is 15.7. The van der Waals surface area contributed by atoms with Crippen molar-refractivity contribution in [3.05, 3.63) is 60.7 Å². The van der Waals surface area contributed by atoms with Crippen molar-refractivity contribution in [1.82, 2.24) is 0 Å². The van der Waals surface area contributed by atoms with Gasteiger partial charge in [-0.2, -0.15) is 4.99 Å². The summed E-state index contributed by atoms with van der Waals surface area (Å²) in [5.41, 5.74) is 1.93. The first-order chi connectivity index (χ1) is 10.3. The van der Waals surface area contributed by atoms with Gasteiger partial charge in [0.05, 0.1) is 5.69 Å². The van der Waals surface area contributed by atoms with Crippen LogP contribution in [0.4, 0.5) is 11.4 Å². The molecule has 0 saturated carbocycles. The molecule has 2 aromatic rings. The molecule has 2 rings (SSSR count). The van der Waals surface area contributed by atoms with Gasteiger partial charge in [-0.3, -0.25) is 0 Å². The highest BCUT2D eigenvalue weighted by Gasteiger charge is 2.02. The molecule has 108 valence electrons. The molecule has 21 heavy (non-hydrogen) atoms. The summed E-state index contributed by atoms with van der Waals surface area (Å²) in [6.07, 6.45) is 3.97. The average molecular weight is 315 g/mol. The van der Waals surface area contributed by atoms with Gasteiger partial charge in [-0.25, -0.2) is 4.99 Å². The van der Waals surface area contributed by atoms with Crippen molar-refractivity contribution in [3.63, 3.8) is 0 Å². The van der Waals surface area contributed by atoms with Crippen LogP contribution in [0, 0.1) is 0 Å². The molecule has 1 N–H and O–H groups in total. The molecule has 0 spiro atoms. The van der Waals surface area contributed by atoms with Crippen LogP contribution < -0.4 is 5.32 Å². The van der Waals surface area contributed by atoms with Crippen LogP contribution in [-0.4, -0.2) is 22.8 Å². The third kappa shape index (κ3) is 5.28. The van der Waals surface area contributed by atoms with Crippen LogP contribution in [0.5, 0.6) is 0 Å². The van der Waals surface area contributed by atoms with Crippen LogP contribution in [0.2, 0.25) is 0 Å². The van der Waals surface area contributed by atoms with Crippen molar-refractivity contribution in [2.24, 2.45) is 9.98 Å². The lowest BCUT2D eigenvalue weighted by Crippen LogP contribution is -2.09. The second-order valence-corrected chi connectivity index (χ2v) is 5.61. The largest absolute Gasteiger partial charge is 0.335 e. The highest BCUT2D eigenvalue weighted by molar-refractivity contribution is 8.15. The Kier molecular flexibility index (Phi) is 6.37. The monoisotopic (exact) mass is 315 g/mol. The molecule has 0 saturated heterocycles. The fourth-order valence-electron chi connectivity index (χ4n) is 1.59. The summed E-state index contributed by atoms with van der Waals surface area (Å²) in [7, 11) is 0. The number of nitrogens with one attached hydrogen (secondary N) is 1.